The number of rotatable bonds is 18. The number of sulfone groups is 1. The van der Waals surface area contributed by atoms with Gasteiger partial charge in [-0.25, -0.2) is 23.1 Å². The normalized spacial score (nSPS) is 13.3. The lowest BCUT2D eigenvalue weighted by Crippen LogP contribution is -2.15. The minimum atomic E-state index is -5.22. The van der Waals surface area contributed by atoms with E-state index in [1.54, 1.807) is 0 Å². The molecule has 0 aliphatic rings. The van der Waals surface area contributed by atoms with Crippen LogP contribution in [0.3, 0.4) is 0 Å². The van der Waals surface area contributed by atoms with E-state index >= 15 is 0 Å². The Balaban J connectivity index is 1.88. The molecule has 0 bridgehead atoms. The summed E-state index contributed by atoms with van der Waals surface area (Å²) in [5.41, 5.74) is 8.59. The van der Waals surface area contributed by atoms with Crippen LogP contribution in [-0.4, -0.2) is 83.2 Å². The first-order valence-corrected chi connectivity index (χ1v) is 23.0. The quantitative estimate of drug-likeness (QED) is 0.0174. The van der Waals surface area contributed by atoms with Gasteiger partial charge in [-0.2, -0.15) is 33.7 Å². The van der Waals surface area contributed by atoms with Gasteiger partial charge in [0.2, 0.25) is 0 Å². The van der Waals surface area contributed by atoms with Crippen molar-refractivity contribution in [1.29, 1.82) is 0 Å². The molecule has 0 aromatic heterocycles. The van der Waals surface area contributed by atoms with Crippen LogP contribution in [0.1, 0.15) is 0 Å². The third-order valence-electron chi connectivity index (χ3n) is 6.85. The first-order chi connectivity index (χ1) is 26.8. The van der Waals surface area contributed by atoms with Gasteiger partial charge in [0, 0.05) is 5.39 Å². The summed E-state index contributed by atoms with van der Waals surface area (Å²) >= 11 is 0.331. The van der Waals surface area contributed by atoms with E-state index in [0.29, 0.717) is 12.1 Å². The van der Waals surface area contributed by atoms with E-state index in [1.165, 1.54) is 0 Å². The first kappa shape index (κ1) is 46.6. The van der Waals surface area contributed by atoms with Crippen LogP contribution in [0.4, 0.5) is 34.1 Å². The second kappa shape index (κ2) is 18.1. The van der Waals surface area contributed by atoms with Crippen LogP contribution < -0.4 is 11.5 Å². The molecule has 0 saturated heterocycles. The van der Waals surface area contributed by atoms with Crippen LogP contribution in [0.5, 0.6) is 0 Å². The standard InChI is InChI=1S/C24H22N6O21S7/c25-22-17(29-28-16-9-14-11(6-18(16)52-50-48-31)5-13(55(35,36)37)8-20(14)56(38,39)40)10-21(57(41,42)43)23(26)24(22)30-27-15-2-1-12(7-19(15)53-51-49-32)54(33,34)4-3-47-58(44,45)46/h1-2,5-10,31-32H,3-4,25-26H2,(H,35,36,37)(H,38,39,40)(H,41,42,43)(H,44,45,46)/b29-28+,30-27+. The SMILES string of the molecule is Nc1c(/N=N/c2cc3c(S(=O)(=O)O)cc(S(=O)(=O)O)cc3cc2SOOO)cc(S(=O)(=O)O)c(N)c1/N=N/c1ccc(S(=O)(=O)CCOS(=O)(=O)O)cc1SOOO. The van der Waals surface area contributed by atoms with Gasteiger partial charge in [0.05, 0.1) is 67.4 Å². The third kappa shape index (κ3) is 11.8. The summed E-state index contributed by atoms with van der Waals surface area (Å²) < 4.78 is 170. The molecule has 27 nitrogen and oxygen atoms in total. The van der Waals surface area contributed by atoms with Crippen molar-refractivity contribution in [2.45, 2.75) is 29.4 Å². The van der Waals surface area contributed by atoms with Crippen molar-refractivity contribution in [3.05, 3.63) is 48.5 Å². The van der Waals surface area contributed by atoms with E-state index in [9.17, 15) is 55.7 Å². The summed E-state index contributed by atoms with van der Waals surface area (Å²) in [6.45, 7) is -0.987. The van der Waals surface area contributed by atoms with Gasteiger partial charge in [0.15, 0.2) is 9.84 Å². The van der Waals surface area contributed by atoms with E-state index in [-0.39, 0.29) is 45.0 Å². The Hall–Kier alpha value is -4.05. The predicted molar refractivity (Wildman–Crippen MR) is 194 cm³/mol. The smallest absolute Gasteiger partial charge is 0.396 e. The third-order valence-corrected chi connectivity index (χ3v) is 12.9. The maximum Gasteiger partial charge on any atom is 0.397 e. The van der Waals surface area contributed by atoms with Crippen molar-refractivity contribution in [3.63, 3.8) is 0 Å². The molecule has 0 radical (unpaired) electrons. The number of nitrogens with two attached hydrogens (primary N) is 2. The van der Waals surface area contributed by atoms with Crippen molar-refractivity contribution >= 4 is 120 Å². The van der Waals surface area contributed by atoms with Gasteiger partial charge in [-0.15, -0.1) is 29.1 Å². The van der Waals surface area contributed by atoms with Gasteiger partial charge in [-0.05, 0) is 53.9 Å². The minimum Gasteiger partial charge on any atom is -0.396 e. The zero-order valence-corrected chi connectivity index (χ0v) is 33.4. The van der Waals surface area contributed by atoms with Crippen molar-refractivity contribution in [2.75, 3.05) is 23.8 Å². The maximum absolute atomic E-state index is 12.7. The van der Waals surface area contributed by atoms with Gasteiger partial charge in [-0.1, -0.05) is 10.1 Å². The monoisotopic (exact) mass is 954 g/mol. The maximum atomic E-state index is 12.7. The van der Waals surface area contributed by atoms with Crippen LogP contribution in [0.15, 0.2) is 98.4 Å². The molecule has 316 valence electrons. The lowest BCUT2D eigenvalue weighted by molar-refractivity contribution is -0.432. The molecule has 0 unspecified atom stereocenters. The van der Waals surface area contributed by atoms with Crippen molar-refractivity contribution < 1.29 is 93.7 Å². The zero-order valence-electron chi connectivity index (χ0n) is 27.6. The van der Waals surface area contributed by atoms with Crippen molar-refractivity contribution in [1.82, 2.24) is 0 Å². The molecule has 0 fully saturated rings. The number of fused-ring (bicyclic) bond motifs is 1. The molecule has 0 aliphatic carbocycles. The molecule has 0 amide bonds. The fraction of sp³-hybridized carbons (Fsp3) is 0.0833. The molecule has 0 spiro atoms. The highest BCUT2D eigenvalue weighted by Gasteiger charge is 2.25. The highest BCUT2D eigenvalue weighted by atomic mass is 32.3. The van der Waals surface area contributed by atoms with Crippen LogP contribution in [0.25, 0.3) is 10.8 Å². The van der Waals surface area contributed by atoms with Gasteiger partial charge in [0.1, 0.15) is 32.5 Å². The molecule has 0 atom stereocenters. The Morgan fingerprint density at radius 1 is 0.586 bits per heavy atom. The highest BCUT2D eigenvalue weighted by Crippen LogP contribution is 2.45. The summed E-state index contributed by atoms with van der Waals surface area (Å²) in [4.78, 5) is -4.12. The Morgan fingerprint density at radius 3 is 1.71 bits per heavy atom. The second-order valence-corrected chi connectivity index (χ2v) is 19.4. The average Bonchev–Trinajstić information content (AvgIpc) is 3.10. The second-order valence-electron chi connectivity index (χ2n) is 10.5. The summed E-state index contributed by atoms with van der Waals surface area (Å²) in [6.07, 6.45) is 0. The molecule has 4 rings (SSSR count). The molecule has 0 aliphatic heterocycles. The molecule has 4 aromatic rings. The van der Waals surface area contributed by atoms with E-state index in [1.807, 2.05) is 0 Å². The first-order valence-electron chi connectivity index (χ1n) is 14.1. The fourth-order valence-electron chi connectivity index (χ4n) is 4.41. The van der Waals surface area contributed by atoms with Crippen LogP contribution in [0, 0.1) is 0 Å². The molecule has 0 heterocycles. The molecular formula is C24H22N6O21S7. The molecular weight excluding hydrogens is 933 g/mol. The number of nitrogens with zero attached hydrogens (tertiary/aromatic N) is 4. The number of azo groups is 2. The molecule has 0 saturated carbocycles. The Morgan fingerprint density at radius 2 is 1.16 bits per heavy atom. The van der Waals surface area contributed by atoms with Gasteiger partial charge in [-0.3, -0.25) is 18.2 Å². The Bertz CT molecular complexity index is 2890. The summed E-state index contributed by atoms with van der Waals surface area (Å²) in [6, 6.07) is 6.50. The largest absolute Gasteiger partial charge is 0.397 e. The fourth-order valence-corrected chi connectivity index (χ4v) is 8.92. The number of hydrogen-bond donors (Lipinski definition) is 8. The van der Waals surface area contributed by atoms with Crippen molar-refractivity contribution in [2.24, 2.45) is 20.5 Å². The van der Waals surface area contributed by atoms with E-state index in [0.717, 1.165) is 36.4 Å². The summed E-state index contributed by atoms with van der Waals surface area (Å²) in [5.74, 6) is -0.958. The van der Waals surface area contributed by atoms with Crippen LogP contribution in [0.2, 0.25) is 0 Å². The van der Waals surface area contributed by atoms with Crippen molar-refractivity contribution in [3.8, 4) is 0 Å². The number of nitrogen functional groups attached to an aromatic ring is 2. The highest BCUT2D eigenvalue weighted by molar-refractivity contribution is 7.95. The summed E-state index contributed by atoms with van der Waals surface area (Å²) in [5, 5.41) is 39.0. The van der Waals surface area contributed by atoms with Gasteiger partial charge >= 0.3 is 10.4 Å². The number of anilines is 2. The molecule has 34 heteroatoms. The molecule has 10 N–H and O–H groups in total. The van der Waals surface area contributed by atoms with E-state index in [2.05, 4.69) is 43.4 Å². The number of hydrogen-bond acceptors (Lipinski definition) is 25. The Kier molecular flexibility index (Phi) is 14.5. The average molecular weight is 955 g/mol. The number of benzene rings is 4. The molecule has 4 aromatic carbocycles. The lowest BCUT2D eigenvalue weighted by Gasteiger charge is -2.12. The predicted octanol–water partition coefficient (Wildman–Crippen LogP) is 4.02. The van der Waals surface area contributed by atoms with Crippen LogP contribution >= 0.6 is 24.1 Å². The molecule has 58 heavy (non-hydrogen) atoms. The Labute approximate surface area is 333 Å². The van der Waals surface area contributed by atoms with Gasteiger partial charge in [0.25, 0.3) is 30.4 Å². The van der Waals surface area contributed by atoms with Crippen LogP contribution in [-0.2, 0) is 73.5 Å². The van der Waals surface area contributed by atoms with Gasteiger partial charge < -0.3 is 11.5 Å². The van der Waals surface area contributed by atoms with E-state index < -0.39 is 116 Å². The topological polar surface area (TPSA) is 440 Å². The van der Waals surface area contributed by atoms with E-state index in [4.69, 9.17) is 26.5 Å². The minimum absolute atomic E-state index is 0.155. The lowest BCUT2D eigenvalue weighted by atomic mass is 10.1. The summed E-state index contributed by atoms with van der Waals surface area (Å²) in [7, 11) is -24.8. The zero-order chi connectivity index (χ0) is 43.4.